The number of hydrogen-bond acceptors (Lipinski definition) is 12. The van der Waals surface area contributed by atoms with Crippen molar-refractivity contribution in [3.05, 3.63) is 75.5 Å². The van der Waals surface area contributed by atoms with Crippen molar-refractivity contribution < 1.29 is 26.9 Å². The first-order chi connectivity index (χ1) is 21.7. The maximum absolute atomic E-state index is 15.6. The second-order valence-electron chi connectivity index (χ2n) is 11.2. The number of hydrogen-bond donors (Lipinski definition) is 2. The van der Waals surface area contributed by atoms with Gasteiger partial charge < -0.3 is 19.9 Å². The molecule has 17 heteroatoms. The molecule has 0 bridgehead atoms. The van der Waals surface area contributed by atoms with Gasteiger partial charge in [0, 0.05) is 49.6 Å². The van der Waals surface area contributed by atoms with Crippen molar-refractivity contribution in [3.8, 4) is 5.75 Å². The average molecular weight is 675 g/mol. The minimum atomic E-state index is -4.43. The maximum atomic E-state index is 15.6. The molecule has 46 heavy (non-hydrogen) atoms. The highest BCUT2D eigenvalue weighted by molar-refractivity contribution is 7.99. The number of anilines is 3. The van der Waals surface area contributed by atoms with E-state index in [4.69, 9.17) is 9.72 Å². The fraction of sp³-hybridized carbons (Fsp3) is 0.345. The quantitative estimate of drug-likeness (QED) is 0.131. The Morgan fingerprint density at radius 1 is 1.11 bits per heavy atom. The predicted molar refractivity (Wildman–Crippen MR) is 169 cm³/mol. The van der Waals surface area contributed by atoms with Gasteiger partial charge in [0.15, 0.2) is 32.4 Å². The number of aryl methyl sites for hydroxylation is 1. The Labute approximate surface area is 268 Å². The van der Waals surface area contributed by atoms with E-state index in [9.17, 15) is 18.5 Å². The molecule has 244 valence electrons. The van der Waals surface area contributed by atoms with E-state index >= 15 is 8.78 Å². The van der Waals surface area contributed by atoms with Crippen LogP contribution in [-0.2, 0) is 14.6 Å². The fourth-order valence-corrected chi connectivity index (χ4v) is 7.27. The first-order valence-electron chi connectivity index (χ1n) is 14.1. The van der Waals surface area contributed by atoms with Gasteiger partial charge in [-0.15, -0.1) is 0 Å². The van der Waals surface area contributed by atoms with Crippen molar-refractivity contribution in [2.24, 2.45) is 0 Å². The number of benzene rings is 2. The Morgan fingerprint density at radius 3 is 2.43 bits per heavy atom. The zero-order valence-electron chi connectivity index (χ0n) is 25.7. The summed E-state index contributed by atoms with van der Waals surface area (Å²) < 4.78 is 61.8. The van der Waals surface area contributed by atoms with E-state index in [-0.39, 0.29) is 10.1 Å². The van der Waals surface area contributed by atoms with Crippen LogP contribution in [0.3, 0.4) is 0 Å². The third-order valence-electron chi connectivity index (χ3n) is 7.70. The molecular formula is C29H32F2N8O5S2. The molecule has 1 saturated heterocycles. The van der Waals surface area contributed by atoms with Crippen LogP contribution in [0.4, 0.5) is 31.9 Å². The SMILES string of the molecule is COc1c(Nc2cc(C)[nH]n2)nc(Sc2ccc(S(=O)(=O)C(C)(C)c3cccc([N+](=O)[O-])c3F)cc2F)nc1N1CCN(C)CC1. The van der Waals surface area contributed by atoms with Crippen molar-refractivity contribution in [2.75, 3.05) is 50.6 Å². The molecule has 2 N–H and O–H groups in total. The van der Waals surface area contributed by atoms with Crippen molar-refractivity contribution in [2.45, 2.75) is 40.5 Å². The zero-order valence-corrected chi connectivity index (χ0v) is 27.3. The molecule has 0 saturated carbocycles. The number of piperazine rings is 1. The van der Waals surface area contributed by atoms with Gasteiger partial charge in [0.2, 0.25) is 11.6 Å². The Bertz CT molecular complexity index is 1900. The standard InChI is InChI=1S/C29H32F2N8O5S2/c1-17-15-23(36-35-17)32-26-25(44-5)27(38-13-11-37(4)12-14-38)34-28(33-26)45-22-10-9-18(16-20(22)30)46(42,43)29(2,3)19-7-6-8-21(24(19)31)39(40)41/h6-10,15-16H,11-14H2,1-5H3,(H2,32,33,34,35,36). The summed E-state index contributed by atoms with van der Waals surface area (Å²) >= 11 is 0.885. The number of likely N-dealkylation sites (N-methyl/N-ethyl adjacent to an activating group) is 1. The molecule has 1 fully saturated rings. The van der Waals surface area contributed by atoms with Crippen molar-refractivity contribution in [1.29, 1.82) is 0 Å². The van der Waals surface area contributed by atoms with Gasteiger partial charge in [0.05, 0.1) is 26.6 Å². The molecular weight excluding hydrogens is 642 g/mol. The smallest absolute Gasteiger partial charge is 0.305 e. The number of aromatic nitrogens is 4. The van der Waals surface area contributed by atoms with E-state index in [0.717, 1.165) is 48.7 Å². The Balaban J connectivity index is 1.50. The first kappa shape index (κ1) is 33.0. The van der Waals surface area contributed by atoms with Gasteiger partial charge in [-0.05, 0) is 57.8 Å². The van der Waals surface area contributed by atoms with E-state index in [1.807, 2.05) is 18.9 Å². The molecule has 0 amide bonds. The summed E-state index contributed by atoms with van der Waals surface area (Å²) in [4.78, 5) is 23.5. The molecule has 5 rings (SSSR count). The normalized spacial score (nSPS) is 14.4. The second kappa shape index (κ2) is 12.8. The van der Waals surface area contributed by atoms with Gasteiger partial charge in [-0.25, -0.2) is 22.8 Å². The van der Waals surface area contributed by atoms with Crippen LogP contribution in [0.2, 0.25) is 0 Å². The molecule has 1 aliphatic rings. The van der Waals surface area contributed by atoms with Crippen LogP contribution in [0.5, 0.6) is 5.75 Å². The molecule has 1 aliphatic heterocycles. The zero-order chi connectivity index (χ0) is 33.4. The summed E-state index contributed by atoms with van der Waals surface area (Å²) in [6, 6.07) is 8.41. The molecule has 13 nitrogen and oxygen atoms in total. The number of aromatic amines is 1. The number of rotatable bonds is 10. The molecule has 0 radical (unpaired) electrons. The lowest BCUT2D eigenvalue weighted by Gasteiger charge is -2.34. The number of nitrogens with zero attached hydrogens (tertiary/aromatic N) is 6. The number of sulfone groups is 1. The molecule has 0 unspecified atom stereocenters. The summed E-state index contributed by atoms with van der Waals surface area (Å²) in [5.41, 5.74) is -0.445. The van der Waals surface area contributed by atoms with Gasteiger partial charge in [0.25, 0.3) is 0 Å². The number of H-pyrrole nitrogens is 1. The van der Waals surface area contributed by atoms with Crippen LogP contribution in [0, 0.1) is 28.7 Å². The summed E-state index contributed by atoms with van der Waals surface area (Å²) in [6.45, 7) is 7.18. The third-order valence-corrected chi connectivity index (χ3v) is 11.1. The van der Waals surface area contributed by atoms with Gasteiger partial charge in [-0.1, -0.05) is 12.1 Å². The van der Waals surface area contributed by atoms with Crippen molar-refractivity contribution in [3.63, 3.8) is 0 Å². The van der Waals surface area contributed by atoms with Crippen LogP contribution in [-0.4, -0.2) is 78.7 Å². The molecule has 0 spiro atoms. The molecule has 0 aliphatic carbocycles. The molecule has 0 atom stereocenters. The number of halogens is 2. The average Bonchev–Trinajstić information content (AvgIpc) is 3.42. The maximum Gasteiger partial charge on any atom is 0.305 e. The molecule has 3 heterocycles. The number of methoxy groups -OCH3 is 1. The highest BCUT2D eigenvalue weighted by Crippen LogP contribution is 2.41. The lowest BCUT2D eigenvalue weighted by Crippen LogP contribution is -2.45. The van der Waals surface area contributed by atoms with E-state index in [1.54, 1.807) is 6.07 Å². The molecule has 2 aromatic heterocycles. The van der Waals surface area contributed by atoms with E-state index in [1.165, 1.54) is 39.2 Å². The summed E-state index contributed by atoms with van der Waals surface area (Å²) in [5, 5.41) is 21.6. The van der Waals surface area contributed by atoms with Gasteiger partial charge in [-0.3, -0.25) is 15.2 Å². The lowest BCUT2D eigenvalue weighted by atomic mass is 10.0. The second-order valence-corrected chi connectivity index (χ2v) is 14.7. The lowest BCUT2D eigenvalue weighted by molar-refractivity contribution is -0.387. The Morgan fingerprint density at radius 2 is 1.83 bits per heavy atom. The largest absolute Gasteiger partial charge is 0.490 e. The number of nitro benzene ring substituents is 1. The van der Waals surface area contributed by atoms with Gasteiger partial charge >= 0.3 is 5.69 Å². The van der Waals surface area contributed by atoms with E-state index < -0.39 is 47.3 Å². The molecule has 2 aromatic carbocycles. The van der Waals surface area contributed by atoms with E-state index in [2.05, 4.69) is 25.4 Å². The fourth-order valence-electron chi connectivity index (χ4n) is 4.97. The summed E-state index contributed by atoms with van der Waals surface area (Å²) in [7, 11) is -0.903. The highest BCUT2D eigenvalue weighted by Gasteiger charge is 2.41. The van der Waals surface area contributed by atoms with Gasteiger partial charge in [0.1, 0.15) is 5.82 Å². The summed E-state index contributed by atoms with van der Waals surface area (Å²) in [5.74, 6) is -0.468. The third kappa shape index (κ3) is 6.34. The summed E-state index contributed by atoms with van der Waals surface area (Å²) in [6.07, 6.45) is 0. The number of nitrogens with one attached hydrogen (secondary N) is 2. The predicted octanol–water partition coefficient (Wildman–Crippen LogP) is 5.06. The monoisotopic (exact) mass is 674 g/mol. The Kier molecular flexibility index (Phi) is 9.19. The van der Waals surface area contributed by atoms with Crippen molar-refractivity contribution in [1.82, 2.24) is 25.1 Å². The van der Waals surface area contributed by atoms with Crippen LogP contribution in [0.1, 0.15) is 25.1 Å². The number of nitro groups is 1. The first-order valence-corrected chi connectivity index (χ1v) is 16.4. The highest BCUT2D eigenvalue weighted by atomic mass is 32.2. The van der Waals surface area contributed by atoms with Crippen LogP contribution >= 0.6 is 11.8 Å². The molecule has 4 aromatic rings. The van der Waals surface area contributed by atoms with Gasteiger partial charge in [-0.2, -0.15) is 9.49 Å². The minimum Gasteiger partial charge on any atom is -0.490 e. The van der Waals surface area contributed by atoms with Crippen LogP contribution in [0.25, 0.3) is 0 Å². The van der Waals surface area contributed by atoms with Crippen LogP contribution in [0.15, 0.2) is 57.4 Å². The topological polar surface area (TPSA) is 159 Å². The van der Waals surface area contributed by atoms with E-state index in [0.29, 0.717) is 36.3 Å². The Hall–Kier alpha value is -4.35. The van der Waals surface area contributed by atoms with Crippen molar-refractivity contribution >= 4 is 44.7 Å². The van der Waals surface area contributed by atoms with Crippen LogP contribution < -0.4 is 15.0 Å². The minimum absolute atomic E-state index is 0.0364. The number of ether oxygens (including phenoxy) is 1.